The van der Waals surface area contributed by atoms with E-state index in [0.29, 0.717) is 17.3 Å². The van der Waals surface area contributed by atoms with Gasteiger partial charge in [-0.25, -0.2) is 4.79 Å². The Bertz CT molecular complexity index is 734. The smallest absolute Gasteiger partial charge is 0.371 e. The molecule has 1 aromatic heterocycles. The number of nitrogens with zero attached hydrogens (tertiary/aromatic N) is 1. The maximum absolute atomic E-state index is 11.8. The Hall–Kier alpha value is -2.96. The molecule has 128 valence electrons. The lowest BCUT2D eigenvalue weighted by molar-refractivity contribution is -0.127. The number of ether oxygens (including phenoxy) is 2. The van der Waals surface area contributed by atoms with Gasteiger partial charge in [0.25, 0.3) is 0 Å². The number of aromatic carboxylic acids is 1. The lowest BCUT2D eigenvalue weighted by atomic mass is 10.1. The molecule has 1 heterocycles. The monoisotopic (exact) mass is 333 g/mol. The van der Waals surface area contributed by atoms with Crippen molar-refractivity contribution in [3.05, 3.63) is 47.4 Å². The second-order valence-corrected chi connectivity index (χ2v) is 5.31. The van der Waals surface area contributed by atoms with Crippen molar-refractivity contribution in [2.75, 3.05) is 21.2 Å². The summed E-state index contributed by atoms with van der Waals surface area (Å²) in [7, 11) is 4.91. The van der Waals surface area contributed by atoms with Crippen LogP contribution in [0, 0.1) is 0 Å². The van der Waals surface area contributed by atoms with Crippen LogP contribution in [-0.4, -0.2) is 43.1 Å². The van der Waals surface area contributed by atoms with E-state index in [1.165, 1.54) is 18.1 Å². The number of likely N-dealkylation sites (N-methyl/N-ethyl adjacent to an activating group) is 1. The van der Waals surface area contributed by atoms with Crippen molar-refractivity contribution in [2.24, 2.45) is 0 Å². The Balaban J connectivity index is 2.06. The summed E-state index contributed by atoms with van der Waals surface area (Å²) in [5, 5.41) is 8.82. The van der Waals surface area contributed by atoms with Crippen molar-refractivity contribution < 1.29 is 28.6 Å². The molecular formula is C17H19NO6. The molecule has 0 aliphatic rings. The molecule has 0 aliphatic heterocycles. The minimum atomic E-state index is -1.13. The molecule has 0 radical (unpaired) electrons. The van der Waals surface area contributed by atoms with Crippen molar-refractivity contribution in [1.29, 1.82) is 0 Å². The van der Waals surface area contributed by atoms with Crippen molar-refractivity contribution in [3.8, 4) is 11.5 Å². The molecule has 0 unspecified atom stereocenters. The summed E-state index contributed by atoms with van der Waals surface area (Å²) in [6.45, 7) is 0.0691. The maximum Gasteiger partial charge on any atom is 0.371 e. The molecule has 2 rings (SSSR count). The first-order valence-corrected chi connectivity index (χ1v) is 7.22. The van der Waals surface area contributed by atoms with Gasteiger partial charge in [-0.3, -0.25) is 4.79 Å². The third-order valence-corrected chi connectivity index (χ3v) is 3.32. The van der Waals surface area contributed by atoms with Gasteiger partial charge in [-0.1, -0.05) is 6.07 Å². The summed E-state index contributed by atoms with van der Waals surface area (Å²) < 4.78 is 16.0. The minimum Gasteiger partial charge on any atom is -0.493 e. The van der Waals surface area contributed by atoms with Crippen LogP contribution < -0.4 is 9.47 Å². The Morgan fingerprint density at radius 2 is 1.92 bits per heavy atom. The van der Waals surface area contributed by atoms with Gasteiger partial charge in [-0.2, -0.15) is 0 Å². The Morgan fingerprint density at radius 3 is 2.50 bits per heavy atom. The van der Waals surface area contributed by atoms with E-state index in [4.69, 9.17) is 19.0 Å². The molecule has 0 fully saturated rings. The van der Waals surface area contributed by atoms with Crippen molar-refractivity contribution in [1.82, 2.24) is 4.90 Å². The fraction of sp³-hybridized carbons (Fsp3) is 0.294. The van der Waals surface area contributed by atoms with E-state index in [0.717, 1.165) is 5.56 Å². The number of amides is 1. The van der Waals surface area contributed by atoms with E-state index in [-0.39, 0.29) is 24.7 Å². The fourth-order valence-electron chi connectivity index (χ4n) is 1.99. The number of carboxylic acids is 1. The first-order chi connectivity index (χ1) is 11.4. The standard InChI is InChI=1S/C17H19NO6/c1-18(2)16(19)9-11-4-6-13(15(8-11)22-3)23-10-12-5-7-14(24-12)17(20)21/h4-8H,9-10H2,1-3H3,(H,20,21). The Morgan fingerprint density at radius 1 is 1.17 bits per heavy atom. The molecule has 0 saturated heterocycles. The van der Waals surface area contributed by atoms with E-state index in [2.05, 4.69) is 0 Å². The zero-order valence-electron chi connectivity index (χ0n) is 13.7. The van der Waals surface area contributed by atoms with Gasteiger partial charge in [-0.05, 0) is 29.8 Å². The number of benzene rings is 1. The van der Waals surface area contributed by atoms with Gasteiger partial charge < -0.3 is 23.9 Å². The van der Waals surface area contributed by atoms with E-state index in [9.17, 15) is 9.59 Å². The predicted octanol–water partition coefficient (Wildman–Crippen LogP) is 2.20. The van der Waals surface area contributed by atoms with Gasteiger partial charge in [-0.15, -0.1) is 0 Å². The average Bonchev–Trinajstić information content (AvgIpc) is 3.02. The van der Waals surface area contributed by atoms with Crippen LogP contribution in [-0.2, 0) is 17.8 Å². The van der Waals surface area contributed by atoms with Gasteiger partial charge in [0, 0.05) is 14.1 Å². The molecular weight excluding hydrogens is 314 g/mol. The van der Waals surface area contributed by atoms with Crippen LogP contribution in [0.4, 0.5) is 0 Å². The molecule has 0 spiro atoms. The van der Waals surface area contributed by atoms with Gasteiger partial charge in [0.1, 0.15) is 12.4 Å². The highest BCUT2D eigenvalue weighted by Crippen LogP contribution is 2.29. The number of hydrogen-bond donors (Lipinski definition) is 1. The highest BCUT2D eigenvalue weighted by atomic mass is 16.5. The fourth-order valence-corrected chi connectivity index (χ4v) is 1.99. The molecule has 0 saturated carbocycles. The molecule has 7 nitrogen and oxygen atoms in total. The van der Waals surface area contributed by atoms with Crippen LogP contribution in [0.2, 0.25) is 0 Å². The number of methoxy groups -OCH3 is 1. The maximum atomic E-state index is 11.8. The van der Waals surface area contributed by atoms with E-state index in [1.54, 1.807) is 38.4 Å². The Kier molecular flexibility index (Phi) is 5.47. The van der Waals surface area contributed by atoms with Gasteiger partial charge in [0.15, 0.2) is 11.5 Å². The normalized spacial score (nSPS) is 10.3. The lowest BCUT2D eigenvalue weighted by Crippen LogP contribution is -2.23. The largest absolute Gasteiger partial charge is 0.493 e. The number of hydrogen-bond acceptors (Lipinski definition) is 5. The summed E-state index contributed by atoms with van der Waals surface area (Å²) in [6, 6.07) is 8.14. The molecule has 1 aromatic carbocycles. The summed E-state index contributed by atoms with van der Waals surface area (Å²) in [5.41, 5.74) is 0.809. The highest BCUT2D eigenvalue weighted by molar-refractivity contribution is 5.84. The second kappa shape index (κ2) is 7.54. The van der Waals surface area contributed by atoms with Crippen LogP contribution in [0.5, 0.6) is 11.5 Å². The van der Waals surface area contributed by atoms with E-state index >= 15 is 0 Å². The molecule has 1 N–H and O–H groups in total. The average molecular weight is 333 g/mol. The quantitative estimate of drug-likeness (QED) is 0.835. The molecule has 0 atom stereocenters. The molecule has 0 aliphatic carbocycles. The topological polar surface area (TPSA) is 89.2 Å². The number of carbonyl (C=O) groups is 2. The number of carboxylic acid groups (broad SMARTS) is 1. The van der Waals surface area contributed by atoms with E-state index in [1.807, 2.05) is 0 Å². The van der Waals surface area contributed by atoms with Gasteiger partial charge in [0.05, 0.1) is 13.5 Å². The molecule has 24 heavy (non-hydrogen) atoms. The third kappa shape index (κ3) is 4.28. The summed E-state index contributed by atoms with van der Waals surface area (Å²) in [5.74, 6) is 0.0755. The van der Waals surface area contributed by atoms with Gasteiger partial charge >= 0.3 is 5.97 Å². The highest BCUT2D eigenvalue weighted by Gasteiger charge is 2.12. The first-order valence-electron chi connectivity index (χ1n) is 7.22. The number of furan rings is 1. The minimum absolute atomic E-state index is 0.0116. The summed E-state index contributed by atoms with van der Waals surface area (Å²) in [4.78, 5) is 24.1. The zero-order valence-corrected chi connectivity index (χ0v) is 13.7. The van der Waals surface area contributed by atoms with Crippen LogP contribution >= 0.6 is 0 Å². The molecule has 2 aromatic rings. The van der Waals surface area contributed by atoms with Gasteiger partial charge in [0.2, 0.25) is 11.7 Å². The van der Waals surface area contributed by atoms with E-state index < -0.39 is 5.97 Å². The Labute approximate surface area is 139 Å². The number of rotatable bonds is 7. The third-order valence-electron chi connectivity index (χ3n) is 3.32. The van der Waals surface area contributed by atoms with Crippen LogP contribution in [0.3, 0.4) is 0 Å². The molecule has 7 heteroatoms. The molecule has 0 bridgehead atoms. The summed E-state index contributed by atoms with van der Waals surface area (Å²) >= 11 is 0. The summed E-state index contributed by atoms with van der Waals surface area (Å²) in [6.07, 6.45) is 0.268. The second-order valence-electron chi connectivity index (χ2n) is 5.31. The first kappa shape index (κ1) is 17.4. The zero-order chi connectivity index (χ0) is 17.7. The van der Waals surface area contributed by atoms with Crippen molar-refractivity contribution in [3.63, 3.8) is 0 Å². The molecule has 1 amide bonds. The van der Waals surface area contributed by atoms with Crippen LogP contribution in [0.15, 0.2) is 34.7 Å². The van der Waals surface area contributed by atoms with Crippen molar-refractivity contribution in [2.45, 2.75) is 13.0 Å². The number of carbonyl (C=O) groups excluding carboxylic acids is 1. The lowest BCUT2D eigenvalue weighted by Gasteiger charge is -2.13. The predicted molar refractivity (Wildman–Crippen MR) is 85.4 cm³/mol. The SMILES string of the molecule is COc1cc(CC(=O)N(C)C)ccc1OCc1ccc(C(=O)O)o1. The van der Waals surface area contributed by atoms with Crippen LogP contribution in [0.25, 0.3) is 0 Å². The van der Waals surface area contributed by atoms with Crippen molar-refractivity contribution >= 4 is 11.9 Å². The van der Waals surface area contributed by atoms with Crippen LogP contribution in [0.1, 0.15) is 21.9 Å².